The lowest BCUT2D eigenvalue weighted by Crippen LogP contribution is -2.61. The highest BCUT2D eigenvalue weighted by atomic mass is 35.6. The molecule has 14 heteroatoms. The van der Waals surface area contributed by atoms with Gasteiger partial charge in [-0.1, -0.05) is 34.8 Å². The van der Waals surface area contributed by atoms with Gasteiger partial charge < -0.3 is 28.4 Å². The van der Waals surface area contributed by atoms with E-state index in [1.54, 1.807) is 0 Å². The predicted molar refractivity (Wildman–Crippen MR) is 103 cm³/mol. The van der Waals surface area contributed by atoms with Crippen LogP contribution in [0.3, 0.4) is 0 Å². The molecule has 0 radical (unpaired) electrons. The Bertz CT molecular complexity index is 706. The minimum Gasteiger partial charge on any atom is -0.463 e. The van der Waals surface area contributed by atoms with Gasteiger partial charge in [-0.3, -0.25) is 24.0 Å². The van der Waals surface area contributed by atoms with Gasteiger partial charge in [-0.05, 0) is 0 Å². The van der Waals surface area contributed by atoms with Gasteiger partial charge in [0, 0.05) is 27.7 Å². The summed E-state index contributed by atoms with van der Waals surface area (Å²) in [5.41, 5.74) is 0. The minimum absolute atomic E-state index is 0.473. The second-order valence-corrected chi connectivity index (χ2v) is 8.87. The number of ether oxygens (including phenoxy) is 6. The maximum atomic E-state index is 12.7. The highest BCUT2D eigenvalue weighted by Crippen LogP contribution is 2.34. The highest BCUT2D eigenvalue weighted by molar-refractivity contribution is 6.67. The molecule has 11 nitrogen and oxygen atoms in total. The molecule has 5 atom stereocenters. The van der Waals surface area contributed by atoms with Gasteiger partial charge in [0.25, 0.3) is 0 Å². The number of carbonyl (C=O) groups excluding carboxylic acids is 5. The summed E-state index contributed by atoms with van der Waals surface area (Å²) >= 11 is 16.7. The van der Waals surface area contributed by atoms with E-state index < -0.39 is 77.4 Å². The summed E-state index contributed by atoms with van der Waals surface area (Å²) in [5, 5.41) is 0. The summed E-state index contributed by atoms with van der Waals surface area (Å²) in [5.74, 6) is -6.00. The van der Waals surface area contributed by atoms with E-state index in [4.69, 9.17) is 63.2 Å². The van der Waals surface area contributed by atoms with Crippen LogP contribution in [0.1, 0.15) is 27.7 Å². The van der Waals surface area contributed by atoms with Gasteiger partial charge >= 0.3 is 29.8 Å². The van der Waals surface area contributed by atoms with Crippen molar-refractivity contribution in [3.8, 4) is 0 Å². The standard InChI is InChI=1S/C17H21Cl3O11/c1-7(21)26-5-11-13(28-8(2)22)14(29-9(3)23)12(16(31-11)30-10(4)24)15(25)27-6-17(18,19)20/h11-14,16H,5-6H2,1-4H3/t11-,12+,13-,14-,16?/m1/s1. The van der Waals surface area contributed by atoms with E-state index in [0.29, 0.717) is 0 Å². The lowest BCUT2D eigenvalue weighted by molar-refractivity contribution is -0.283. The van der Waals surface area contributed by atoms with E-state index in [0.717, 1.165) is 27.7 Å². The lowest BCUT2D eigenvalue weighted by atomic mass is 9.90. The van der Waals surface area contributed by atoms with Crippen LogP contribution in [0.15, 0.2) is 0 Å². The Hall–Kier alpha value is -1.82. The summed E-state index contributed by atoms with van der Waals surface area (Å²) in [6.45, 7) is 3.08. The quantitative estimate of drug-likeness (QED) is 0.279. The maximum absolute atomic E-state index is 12.7. The Morgan fingerprint density at radius 3 is 1.74 bits per heavy atom. The van der Waals surface area contributed by atoms with Crippen LogP contribution in [-0.2, 0) is 52.4 Å². The minimum atomic E-state index is -1.97. The molecule has 176 valence electrons. The number of esters is 5. The Balaban J connectivity index is 3.37. The first-order valence-electron chi connectivity index (χ1n) is 8.75. The molecule has 1 rings (SSSR count). The molecule has 1 aliphatic rings. The zero-order valence-corrected chi connectivity index (χ0v) is 19.2. The first kappa shape index (κ1) is 27.2. The van der Waals surface area contributed by atoms with Crippen molar-refractivity contribution in [2.75, 3.05) is 13.2 Å². The van der Waals surface area contributed by atoms with Crippen LogP contribution in [0.2, 0.25) is 0 Å². The fraction of sp³-hybridized carbons (Fsp3) is 0.706. The summed E-state index contributed by atoms with van der Waals surface area (Å²) < 4.78 is 28.8. The number of halogens is 3. The molecule has 0 aromatic rings. The molecule has 0 bridgehead atoms. The first-order valence-corrected chi connectivity index (χ1v) is 9.88. The van der Waals surface area contributed by atoms with Gasteiger partial charge in [-0.25, -0.2) is 0 Å². The van der Waals surface area contributed by atoms with E-state index in [2.05, 4.69) is 0 Å². The molecule has 0 aromatic carbocycles. The third-order valence-electron chi connectivity index (χ3n) is 3.63. The SMILES string of the molecule is CC(=O)OC[C@H]1OC(OC(C)=O)[C@H](C(=O)OCC(Cl)(Cl)Cl)[C@@H](OC(C)=O)[C@@H]1OC(C)=O. The predicted octanol–water partition coefficient (Wildman–Crippen LogP) is 1.23. The van der Waals surface area contributed by atoms with Crippen LogP contribution >= 0.6 is 34.8 Å². The van der Waals surface area contributed by atoms with Gasteiger partial charge in [0.05, 0.1) is 0 Å². The van der Waals surface area contributed by atoms with Gasteiger partial charge in [0.1, 0.15) is 19.3 Å². The van der Waals surface area contributed by atoms with Crippen molar-refractivity contribution >= 4 is 64.6 Å². The average Bonchev–Trinajstić information content (AvgIpc) is 2.58. The lowest BCUT2D eigenvalue weighted by Gasteiger charge is -2.43. The largest absolute Gasteiger partial charge is 0.463 e. The molecule has 1 unspecified atom stereocenters. The molecule has 31 heavy (non-hydrogen) atoms. The van der Waals surface area contributed by atoms with Crippen molar-refractivity contribution in [1.29, 1.82) is 0 Å². The number of rotatable bonds is 7. The monoisotopic (exact) mass is 506 g/mol. The van der Waals surface area contributed by atoms with E-state index in [1.807, 2.05) is 0 Å². The molecule has 0 amide bonds. The second-order valence-electron chi connectivity index (χ2n) is 6.35. The van der Waals surface area contributed by atoms with Crippen LogP contribution in [0.4, 0.5) is 0 Å². The van der Waals surface area contributed by atoms with Crippen LogP contribution in [-0.4, -0.2) is 71.5 Å². The molecule has 1 heterocycles. The topological polar surface area (TPSA) is 141 Å². The smallest absolute Gasteiger partial charge is 0.319 e. The summed E-state index contributed by atoms with van der Waals surface area (Å²) in [4.78, 5) is 58.9. The van der Waals surface area contributed by atoms with Crippen molar-refractivity contribution in [3.05, 3.63) is 0 Å². The Morgan fingerprint density at radius 1 is 0.774 bits per heavy atom. The normalized spacial score (nSPS) is 25.7. The Morgan fingerprint density at radius 2 is 1.29 bits per heavy atom. The highest BCUT2D eigenvalue weighted by Gasteiger charge is 2.55. The summed E-state index contributed by atoms with van der Waals surface area (Å²) in [6, 6.07) is 0. The van der Waals surface area contributed by atoms with Crippen molar-refractivity contribution in [2.45, 2.75) is 56.1 Å². The van der Waals surface area contributed by atoms with Gasteiger partial charge in [-0.15, -0.1) is 0 Å². The summed E-state index contributed by atoms with van der Waals surface area (Å²) in [7, 11) is 0. The van der Waals surface area contributed by atoms with Crippen molar-refractivity contribution in [1.82, 2.24) is 0 Å². The molecule has 0 N–H and O–H groups in total. The van der Waals surface area contributed by atoms with Crippen LogP contribution in [0, 0.1) is 5.92 Å². The maximum Gasteiger partial charge on any atom is 0.319 e. The van der Waals surface area contributed by atoms with E-state index in [1.165, 1.54) is 0 Å². The van der Waals surface area contributed by atoms with Crippen molar-refractivity contribution < 1.29 is 52.4 Å². The molecule has 0 spiro atoms. The second kappa shape index (κ2) is 11.7. The van der Waals surface area contributed by atoms with Gasteiger partial charge in [-0.2, -0.15) is 0 Å². The molecule has 1 fully saturated rings. The molecule has 1 saturated heterocycles. The molecular weight excluding hydrogens is 487 g/mol. The molecule has 0 aliphatic carbocycles. The van der Waals surface area contributed by atoms with Crippen LogP contribution in [0.5, 0.6) is 0 Å². The number of alkyl halides is 3. The van der Waals surface area contributed by atoms with E-state index in [-0.39, 0.29) is 0 Å². The number of hydrogen-bond acceptors (Lipinski definition) is 11. The van der Waals surface area contributed by atoms with E-state index in [9.17, 15) is 24.0 Å². The number of hydrogen-bond donors (Lipinski definition) is 0. The fourth-order valence-corrected chi connectivity index (χ4v) is 2.83. The third kappa shape index (κ3) is 9.46. The van der Waals surface area contributed by atoms with Gasteiger partial charge in [0.2, 0.25) is 10.1 Å². The van der Waals surface area contributed by atoms with Crippen LogP contribution < -0.4 is 0 Å². The molecular formula is C17H21Cl3O11. The molecule has 0 saturated carbocycles. The number of carbonyl (C=O) groups is 5. The van der Waals surface area contributed by atoms with Gasteiger partial charge in [0.15, 0.2) is 18.1 Å². The third-order valence-corrected chi connectivity index (χ3v) is 3.96. The Labute approximate surface area is 192 Å². The van der Waals surface area contributed by atoms with Crippen molar-refractivity contribution in [3.63, 3.8) is 0 Å². The zero-order valence-electron chi connectivity index (χ0n) is 16.9. The Kier molecular flexibility index (Phi) is 10.3. The molecule has 0 aromatic heterocycles. The molecule has 1 aliphatic heterocycles. The van der Waals surface area contributed by atoms with Crippen molar-refractivity contribution in [2.24, 2.45) is 5.92 Å². The van der Waals surface area contributed by atoms with Crippen LogP contribution in [0.25, 0.3) is 0 Å². The first-order chi connectivity index (χ1) is 14.2. The fourth-order valence-electron chi connectivity index (χ4n) is 2.66. The van der Waals surface area contributed by atoms with E-state index >= 15 is 0 Å². The zero-order chi connectivity index (χ0) is 23.9. The summed E-state index contributed by atoms with van der Waals surface area (Å²) in [6.07, 6.45) is -5.92. The average molecular weight is 508 g/mol.